The van der Waals surface area contributed by atoms with E-state index in [9.17, 15) is 14.4 Å². The summed E-state index contributed by atoms with van der Waals surface area (Å²) in [6.07, 6.45) is 0. The first kappa shape index (κ1) is 15.0. The van der Waals surface area contributed by atoms with Crippen LogP contribution in [0.15, 0.2) is 24.3 Å². The summed E-state index contributed by atoms with van der Waals surface area (Å²) in [5.41, 5.74) is 0.589. The fourth-order valence-electron chi connectivity index (χ4n) is 2.20. The lowest BCUT2D eigenvalue weighted by Crippen LogP contribution is -2.64. The first-order valence-corrected chi connectivity index (χ1v) is 6.80. The van der Waals surface area contributed by atoms with Gasteiger partial charge >= 0.3 is 11.8 Å². The topological polar surface area (TPSA) is 78.5 Å². The van der Waals surface area contributed by atoms with Crippen LogP contribution in [-0.4, -0.2) is 41.2 Å². The van der Waals surface area contributed by atoms with Crippen molar-refractivity contribution >= 4 is 23.4 Å². The SMILES string of the molecule is Cc1ccc(NC(=O)C(=O)N2CCNC(=O)C2(C)C)cc1. The normalized spacial score (nSPS) is 17.1. The summed E-state index contributed by atoms with van der Waals surface area (Å²) in [7, 11) is 0. The molecule has 6 heteroatoms. The van der Waals surface area contributed by atoms with Gasteiger partial charge in [-0.2, -0.15) is 0 Å². The monoisotopic (exact) mass is 289 g/mol. The van der Waals surface area contributed by atoms with Crippen LogP contribution < -0.4 is 10.6 Å². The molecule has 1 fully saturated rings. The van der Waals surface area contributed by atoms with Crippen LogP contribution in [0.1, 0.15) is 19.4 Å². The van der Waals surface area contributed by atoms with Gasteiger partial charge in [-0.1, -0.05) is 17.7 Å². The van der Waals surface area contributed by atoms with Crippen molar-refractivity contribution in [1.82, 2.24) is 10.2 Å². The molecular formula is C15H19N3O3. The van der Waals surface area contributed by atoms with E-state index < -0.39 is 17.4 Å². The average Bonchev–Trinajstić information content (AvgIpc) is 2.43. The van der Waals surface area contributed by atoms with Crippen LogP contribution in [-0.2, 0) is 14.4 Å². The Morgan fingerprint density at radius 1 is 1.24 bits per heavy atom. The van der Waals surface area contributed by atoms with Crippen molar-refractivity contribution in [1.29, 1.82) is 0 Å². The molecule has 0 saturated carbocycles. The maximum absolute atomic E-state index is 12.3. The van der Waals surface area contributed by atoms with Crippen LogP contribution in [0.3, 0.4) is 0 Å². The number of nitrogens with one attached hydrogen (secondary N) is 2. The second-order valence-corrected chi connectivity index (χ2v) is 5.59. The third-order valence-electron chi connectivity index (χ3n) is 3.60. The molecule has 2 rings (SSSR count). The fraction of sp³-hybridized carbons (Fsp3) is 0.400. The number of carbonyl (C=O) groups excluding carboxylic acids is 3. The molecule has 0 radical (unpaired) electrons. The molecule has 21 heavy (non-hydrogen) atoms. The third-order valence-corrected chi connectivity index (χ3v) is 3.60. The molecule has 1 heterocycles. The van der Waals surface area contributed by atoms with E-state index in [0.29, 0.717) is 18.8 Å². The predicted molar refractivity (Wildman–Crippen MR) is 78.6 cm³/mol. The molecule has 1 aromatic carbocycles. The molecule has 6 nitrogen and oxygen atoms in total. The minimum atomic E-state index is -1.03. The van der Waals surface area contributed by atoms with E-state index >= 15 is 0 Å². The molecule has 0 bridgehead atoms. The van der Waals surface area contributed by atoms with Crippen molar-refractivity contribution in [3.05, 3.63) is 29.8 Å². The molecule has 0 aliphatic carbocycles. The van der Waals surface area contributed by atoms with E-state index in [1.54, 1.807) is 26.0 Å². The molecule has 1 aliphatic heterocycles. The number of rotatable bonds is 1. The van der Waals surface area contributed by atoms with E-state index in [0.717, 1.165) is 5.56 Å². The van der Waals surface area contributed by atoms with E-state index in [1.165, 1.54) is 4.90 Å². The number of benzene rings is 1. The van der Waals surface area contributed by atoms with Gasteiger partial charge in [0.2, 0.25) is 5.91 Å². The zero-order valence-electron chi connectivity index (χ0n) is 12.4. The van der Waals surface area contributed by atoms with Gasteiger partial charge in [-0.3, -0.25) is 14.4 Å². The van der Waals surface area contributed by atoms with Crippen LogP contribution in [0.25, 0.3) is 0 Å². The Bertz CT molecular complexity index is 578. The molecule has 1 saturated heterocycles. The molecule has 0 unspecified atom stereocenters. The molecule has 112 valence electrons. The summed E-state index contributed by atoms with van der Waals surface area (Å²) < 4.78 is 0. The lowest BCUT2D eigenvalue weighted by atomic mass is 9.99. The molecule has 2 N–H and O–H groups in total. The van der Waals surface area contributed by atoms with Gasteiger partial charge in [0.25, 0.3) is 0 Å². The second-order valence-electron chi connectivity index (χ2n) is 5.59. The molecule has 3 amide bonds. The van der Waals surface area contributed by atoms with Crippen molar-refractivity contribution < 1.29 is 14.4 Å². The van der Waals surface area contributed by atoms with Crippen molar-refractivity contribution in [3.8, 4) is 0 Å². The van der Waals surface area contributed by atoms with Crippen LogP contribution in [0.5, 0.6) is 0 Å². The van der Waals surface area contributed by atoms with Gasteiger partial charge < -0.3 is 15.5 Å². The van der Waals surface area contributed by atoms with E-state index in [1.807, 2.05) is 19.1 Å². The highest BCUT2D eigenvalue weighted by atomic mass is 16.2. The molecular weight excluding hydrogens is 270 g/mol. The molecule has 0 aromatic heterocycles. The number of aryl methyl sites for hydroxylation is 1. The van der Waals surface area contributed by atoms with Gasteiger partial charge in [0.1, 0.15) is 5.54 Å². The van der Waals surface area contributed by atoms with Crippen molar-refractivity contribution in [3.63, 3.8) is 0 Å². The number of nitrogens with zero attached hydrogens (tertiary/aromatic N) is 1. The number of anilines is 1. The highest BCUT2D eigenvalue weighted by Crippen LogP contribution is 2.18. The number of carbonyl (C=O) groups is 3. The Morgan fingerprint density at radius 2 is 1.86 bits per heavy atom. The maximum Gasteiger partial charge on any atom is 0.313 e. The fourth-order valence-corrected chi connectivity index (χ4v) is 2.20. The molecule has 0 spiro atoms. The number of amides is 3. The quantitative estimate of drug-likeness (QED) is 0.746. The average molecular weight is 289 g/mol. The van der Waals surface area contributed by atoms with E-state index in [2.05, 4.69) is 10.6 Å². The Hall–Kier alpha value is -2.37. The summed E-state index contributed by atoms with van der Waals surface area (Å²) in [6.45, 7) is 5.85. The Kier molecular flexibility index (Phi) is 3.97. The van der Waals surface area contributed by atoms with Crippen LogP contribution >= 0.6 is 0 Å². The van der Waals surface area contributed by atoms with Crippen molar-refractivity contribution in [2.24, 2.45) is 0 Å². The predicted octanol–water partition coefficient (Wildman–Crippen LogP) is 0.671. The van der Waals surface area contributed by atoms with Crippen molar-refractivity contribution in [2.75, 3.05) is 18.4 Å². The third kappa shape index (κ3) is 3.04. The standard InChI is InChI=1S/C15H19N3O3/c1-10-4-6-11(7-5-10)17-12(19)13(20)18-9-8-16-14(21)15(18,2)3/h4-7H,8-9H2,1-3H3,(H,16,21)(H,17,19). The minimum absolute atomic E-state index is 0.259. The van der Waals surface area contributed by atoms with Gasteiger partial charge in [0.15, 0.2) is 0 Å². The minimum Gasteiger partial charge on any atom is -0.352 e. The Labute approximate surface area is 123 Å². The van der Waals surface area contributed by atoms with Gasteiger partial charge in [-0.05, 0) is 32.9 Å². The summed E-state index contributed by atoms with van der Waals surface area (Å²) in [6, 6.07) is 7.15. The highest BCUT2D eigenvalue weighted by Gasteiger charge is 2.42. The summed E-state index contributed by atoms with van der Waals surface area (Å²) in [5.74, 6) is -1.69. The summed E-state index contributed by atoms with van der Waals surface area (Å²) >= 11 is 0. The zero-order chi connectivity index (χ0) is 15.6. The zero-order valence-corrected chi connectivity index (χ0v) is 12.4. The van der Waals surface area contributed by atoms with Gasteiger partial charge in [-0.15, -0.1) is 0 Å². The molecule has 0 atom stereocenters. The Balaban J connectivity index is 2.10. The van der Waals surface area contributed by atoms with Crippen LogP contribution in [0.2, 0.25) is 0 Å². The number of hydrogen-bond donors (Lipinski definition) is 2. The largest absolute Gasteiger partial charge is 0.352 e. The first-order valence-electron chi connectivity index (χ1n) is 6.80. The molecule has 1 aliphatic rings. The summed E-state index contributed by atoms with van der Waals surface area (Å²) in [4.78, 5) is 37.4. The Morgan fingerprint density at radius 3 is 2.48 bits per heavy atom. The maximum atomic E-state index is 12.3. The van der Waals surface area contributed by atoms with Gasteiger partial charge in [-0.25, -0.2) is 0 Å². The number of piperazine rings is 1. The smallest absolute Gasteiger partial charge is 0.313 e. The summed E-state index contributed by atoms with van der Waals surface area (Å²) in [5, 5.41) is 5.24. The number of hydrogen-bond acceptors (Lipinski definition) is 3. The van der Waals surface area contributed by atoms with Crippen LogP contribution in [0, 0.1) is 6.92 Å². The molecule has 1 aromatic rings. The van der Waals surface area contributed by atoms with E-state index in [-0.39, 0.29) is 5.91 Å². The second kappa shape index (κ2) is 5.55. The first-order chi connectivity index (χ1) is 9.82. The van der Waals surface area contributed by atoms with Gasteiger partial charge in [0, 0.05) is 18.8 Å². The lowest BCUT2D eigenvalue weighted by Gasteiger charge is -2.40. The van der Waals surface area contributed by atoms with Crippen molar-refractivity contribution in [2.45, 2.75) is 26.3 Å². The lowest BCUT2D eigenvalue weighted by molar-refractivity contribution is -0.153. The van der Waals surface area contributed by atoms with Crippen LogP contribution in [0.4, 0.5) is 5.69 Å². The van der Waals surface area contributed by atoms with Gasteiger partial charge in [0.05, 0.1) is 0 Å². The van der Waals surface area contributed by atoms with E-state index in [4.69, 9.17) is 0 Å². The highest BCUT2D eigenvalue weighted by molar-refractivity contribution is 6.40.